The van der Waals surface area contributed by atoms with E-state index in [1.165, 1.54) is 38.5 Å². The van der Waals surface area contributed by atoms with Gasteiger partial charge < -0.3 is 10.2 Å². The smallest absolute Gasteiger partial charge is 0.226 e. The number of nitrogens with zero attached hydrogens (tertiary/aromatic N) is 1. The van der Waals surface area contributed by atoms with Crippen LogP contribution in [0.15, 0.2) is 12.2 Å². The third-order valence-corrected chi connectivity index (χ3v) is 5.90. The van der Waals surface area contributed by atoms with E-state index in [2.05, 4.69) is 36.2 Å². The predicted molar refractivity (Wildman–Crippen MR) is 97.3 cm³/mol. The summed E-state index contributed by atoms with van der Waals surface area (Å²) >= 11 is 0. The molecule has 1 heterocycles. The van der Waals surface area contributed by atoms with E-state index in [4.69, 9.17) is 0 Å². The molecule has 132 valence electrons. The number of nitrogens with one attached hydrogen (secondary N) is 1. The van der Waals surface area contributed by atoms with Crippen LogP contribution < -0.4 is 5.32 Å². The number of rotatable bonds is 8. The van der Waals surface area contributed by atoms with E-state index in [1.807, 2.05) is 7.05 Å². The normalized spacial score (nSPS) is 29.0. The monoisotopic (exact) mass is 320 g/mol. The summed E-state index contributed by atoms with van der Waals surface area (Å²) in [6, 6.07) is 0.371. The minimum absolute atomic E-state index is 0.194. The fraction of sp³-hybridized carbons (Fsp3) is 0.850. The molecule has 3 nitrogen and oxygen atoms in total. The lowest BCUT2D eigenvalue weighted by Gasteiger charge is -2.28. The maximum atomic E-state index is 12.8. The van der Waals surface area contributed by atoms with Crippen LogP contribution in [-0.2, 0) is 4.79 Å². The number of likely N-dealkylation sites (tertiary alicyclic amines) is 1. The number of carbonyl (C=O) groups excluding carboxylic acids is 1. The van der Waals surface area contributed by atoms with Crippen molar-refractivity contribution in [3.63, 3.8) is 0 Å². The first kappa shape index (κ1) is 18.5. The first-order chi connectivity index (χ1) is 11.2. The number of carbonyl (C=O) groups is 1. The Labute approximate surface area is 142 Å². The summed E-state index contributed by atoms with van der Waals surface area (Å²) in [5.41, 5.74) is 0. The van der Waals surface area contributed by atoms with Gasteiger partial charge in [0.15, 0.2) is 0 Å². The molecule has 1 saturated heterocycles. The van der Waals surface area contributed by atoms with Gasteiger partial charge in [-0.25, -0.2) is 0 Å². The molecule has 1 amide bonds. The van der Waals surface area contributed by atoms with Crippen LogP contribution in [-0.4, -0.2) is 37.0 Å². The largest absolute Gasteiger partial charge is 0.342 e. The van der Waals surface area contributed by atoms with Crippen LogP contribution in [0.3, 0.4) is 0 Å². The standard InChI is InChI=1S/C20H36N2O/c1-4-7-16(5-2)10-11-17-12-13-22(15-17)20(23)18-8-6-9-19(14-18)21-3/h6,9,16-19,21H,4-5,7-8,10-15H2,1-3H3. The molecule has 1 aliphatic carbocycles. The molecule has 0 aromatic heterocycles. The molecule has 0 aromatic rings. The Morgan fingerprint density at radius 2 is 2.17 bits per heavy atom. The molecule has 2 rings (SSSR count). The Bertz CT molecular complexity index is 393. The quantitative estimate of drug-likeness (QED) is 0.686. The number of amides is 1. The molecule has 1 aliphatic heterocycles. The summed E-state index contributed by atoms with van der Waals surface area (Å²) < 4.78 is 0. The number of allylic oxidation sites excluding steroid dienone is 1. The number of likely N-dealkylation sites (N-methyl/N-ethyl adjacent to an activating group) is 1. The van der Waals surface area contributed by atoms with Crippen LogP contribution in [0.25, 0.3) is 0 Å². The molecule has 3 heteroatoms. The average molecular weight is 321 g/mol. The summed E-state index contributed by atoms with van der Waals surface area (Å²) in [6.07, 6.45) is 14.1. The fourth-order valence-electron chi connectivity index (χ4n) is 4.26. The molecule has 2 aliphatic rings. The van der Waals surface area contributed by atoms with Gasteiger partial charge in [0.2, 0.25) is 5.91 Å². The second-order valence-corrected chi connectivity index (χ2v) is 7.57. The van der Waals surface area contributed by atoms with Crippen molar-refractivity contribution in [1.82, 2.24) is 10.2 Å². The van der Waals surface area contributed by atoms with E-state index in [-0.39, 0.29) is 5.92 Å². The van der Waals surface area contributed by atoms with Crippen molar-refractivity contribution in [3.05, 3.63) is 12.2 Å². The van der Waals surface area contributed by atoms with Crippen molar-refractivity contribution in [1.29, 1.82) is 0 Å². The summed E-state index contributed by atoms with van der Waals surface area (Å²) in [6.45, 7) is 6.60. The van der Waals surface area contributed by atoms with Crippen molar-refractivity contribution >= 4 is 5.91 Å². The zero-order valence-corrected chi connectivity index (χ0v) is 15.4. The highest BCUT2D eigenvalue weighted by molar-refractivity contribution is 5.79. The number of hydrogen-bond donors (Lipinski definition) is 1. The lowest BCUT2D eigenvalue weighted by Crippen LogP contribution is -2.39. The second-order valence-electron chi connectivity index (χ2n) is 7.57. The Balaban J connectivity index is 1.76. The van der Waals surface area contributed by atoms with E-state index in [0.29, 0.717) is 11.9 Å². The molecule has 0 saturated carbocycles. The summed E-state index contributed by atoms with van der Waals surface area (Å²) in [5.74, 6) is 2.23. The van der Waals surface area contributed by atoms with Crippen LogP contribution >= 0.6 is 0 Å². The average Bonchev–Trinajstić information content (AvgIpc) is 3.07. The van der Waals surface area contributed by atoms with Gasteiger partial charge >= 0.3 is 0 Å². The maximum absolute atomic E-state index is 12.8. The van der Waals surface area contributed by atoms with Crippen LogP contribution in [0.4, 0.5) is 0 Å². The van der Waals surface area contributed by atoms with E-state index < -0.39 is 0 Å². The molecule has 1 N–H and O–H groups in total. The van der Waals surface area contributed by atoms with Crippen LogP contribution in [0.1, 0.15) is 65.2 Å². The van der Waals surface area contributed by atoms with Crippen LogP contribution in [0, 0.1) is 17.8 Å². The van der Waals surface area contributed by atoms with Gasteiger partial charge in [-0.2, -0.15) is 0 Å². The van der Waals surface area contributed by atoms with Gasteiger partial charge in [0.05, 0.1) is 0 Å². The maximum Gasteiger partial charge on any atom is 0.226 e. The van der Waals surface area contributed by atoms with Crippen LogP contribution in [0.5, 0.6) is 0 Å². The molecule has 0 aromatic carbocycles. The van der Waals surface area contributed by atoms with Gasteiger partial charge in [0.1, 0.15) is 0 Å². The molecule has 4 unspecified atom stereocenters. The highest BCUT2D eigenvalue weighted by Gasteiger charge is 2.32. The molecule has 1 fully saturated rings. The fourth-order valence-corrected chi connectivity index (χ4v) is 4.26. The Morgan fingerprint density at radius 1 is 1.35 bits per heavy atom. The van der Waals surface area contributed by atoms with Gasteiger partial charge in [-0.1, -0.05) is 51.7 Å². The van der Waals surface area contributed by atoms with Crippen molar-refractivity contribution in [2.75, 3.05) is 20.1 Å². The van der Waals surface area contributed by atoms with E-state index in [1.54, 1.807) is 0 Å². The van der Waals surface area contributed by atoms with Crippen molar-refractivity contribution in [2.24, 2.45) is 17.8 Å². The van der Waals surface area contributed by atoms with Crippen molar-refractivity contribution in [2.45, 2.75) is 71.3 Å². The van der Waals surface area contributed by atoms with Crippen molar-refractivity contribution in [3.8, 4) is 0 Å². The van der Waals surface area contributed by atoms with Crippen LogP contribution in [0.2, 0.25) is 0 Å². The third-order valence-electron chi connectivity index (χ3n) is 5.90. The predicted octanol–water partition coefficient (Wildman–Crippen LogP) is 4.00. The van der Waals surface area contributed by atoms with E-state index >= 15 is 0 Å². The highest BCUT2D eigenvalue weighted by atomic mass is 16.2. The Morgan fingerprint density at radius 3 is 2.87 bits per heavy atom. The molecule has 0 radical (unpaired) electrons. The van der Waals surface area contributed by atoms with Gasteiger partial charge in [0.25, 0.3) is 0 Å². The Hall–Kier alpha value is -0.830. The van der Waals surface area contributed by atoms with Gasteiger partial charge in [-0.05, 0) is 44.6 Å². The van der Waals surface area contributed by atoms with E-state index in [0.717, 1.165) is 37.8 Å². The summed E-state index contributed by atoms with van der Waals surface area (Å²) in [5, 5.41) is 3.28. The molecule has 0 spiro atoms. The minimum Gasteiger partial charge on any atom is -0.342 e. The lowest BCUT2D eigenvalue weighted by molar-refractivity contribution is -0.135. The zero-order chi connectivity index (χ0) is 16.7. The van der Waals surface area contributed by atoms with Gasteiger partial charge in [-0.15, -0.1) is 0 Å². The zero-order valence-electron chi connectivity index (χ0n) is 15.4. The lowest BCUT2D eigenvalue weighted by atomic mass is 9.89. The van der Waals surface area contributed by atoms with Gasteiger partial charge in [0, 0.05) is 25.0 Å². The molecular weight excluding hydrogens is 284 g/mol. The Kier molecular flexibility index (Phi) is 7.61. The highest BCUT2D eigenvalue weighted by Crippen LogP contribution is 2.29. The number of hydrogen-bond acceptors (Lipinski definition) is 2. The summed E-state index contributed by atoms with van der Waals surface area (Å²) in [4.78, 5) is 14.9. The van der Waals surface area contributed by atoms with Crippen molar-refractivity contribution < 1.29 is 4.79 Å². The van der Waals surface area contributed by atoms with E-state index in [9.17, 15) is 4.79 Å². The molecular formula is C20H36N2O. The first-order valence-corrected chi connectivity index (χ1v) is 9.80. The molecule has 0 bridgehead atoms. The molecule has 23 heavy (non-hydrogen) atoms. The molecule has 4 atom stereocenters. The second kappa shape index (κ2) is 9.46. The first-order valence-electron chi connectivity index (χ1n) is 9.80. The SMILES string of the molecule is CCCC(CC)CCC1CCN(C(=O)C2CC=CC(NC)C2)C1. The minimum atomic E-state index is 0.194. The summed E-state index contributed by atoms with van der Waals surface area (Å²) in [7, 11) is 1.98. The topological polar surface area (TPSA) is 32.3 Å². The third kappa shape index (κ3) is 5.34. The van der Waals surface area contributed by atoms with Gasteiger partial charge in [-0.3, -0.25) is 4.79 Å².